The van der Waals surface area contributed by atoms with Crippen LogP contribution in [0.4, 0.5) is 0 Å². The lowest BCUT2D eigenvalue weighted by molar-refractivity contribution is 0.0676. The third-order valence-corrected chi connectivity index (χ3v) is 5.28. The maximum Gasteiger partial charge on any atom is 0.188 e. The lowest BCUT2D eigenvalue weighted by Gasteiger charge is -2.15. The molecule has 1 aliphatic heterocycles. The molecule has 5 nitrogen and oxygen atoms in total. The predicted molar refractivity (Wildman–Crippen MR) is 107 cm³/mol. The Hall–Kier alpha value is -2.05. The van der Waals surface area contributed by atoms with Crippen LogP contribution in [-0.2, 0) is 17.7 Å². The lowest BCUT2D eigenvalue weighted by Crippen LogP contribution is -2.33. The van der Waals surface area contributed by atoms with Crippen LogP contribution < -0.4 is 15.8 Å². The highest BCUT2D eigenvalue weighted by Gasteiger charge is 2.16. The Morgan fingerprint density at radius 1 is 1.42 bits per heavy atom. The van der Waals surface area contributed by atoms with E-state index in [0.717, 1.165) is 43.7 Å². The number of rotatable bonds is 8. The smallest absolute Gasteiger partial charge is 0.188 e. The molecule has 140 valence electrons. The highest BCUT2D eigenvalue weighted by Crippen LogP contribution is 2.23. The Labute approximate surface area is 159 Å². The Balaban J connectivity index is 1.52. The molecule has 1 aromatic carbocycles. The van der Waals surface area contributed by atoms with E-state index in [1.807, 2.05) is 0 Å². The van der Waals surface area contributed by atoms with Crippen LogP contribution in [0, 0.1) is 6.92 Å². The predicted octanol–water partition coefficient (Wildman–Crippen LogP) is 3.26. The molecule has 1 saturated heterocycles. The van der Waals surface area contributed by atoms with Crippen LogP contribution in [0.5, 0.6) is 5.75 Å². The van der Waals surface area contributed by atoms with Crippen LogP contribution in [0.3, 0.4) is 0 Å². The van der Waals surface area contributed by atoms with E-state index >= 15 is 0 Å². The molecule has 0 spiro atoms. The molecule has 2 aromatic rings. The van der Waals surface area contributed by atoms with Gasteiger partial charge in [0.2, 0.25) is 0 Å². The number of nitrogens with two attached hydrogens (primary N) is 1. The quantitative estimate of drug-likeness (QED) is 0.550. The van der Waals surface area contributed by atoms with Crippen molar-refractivity contribution in [2.75, 3.05) is 19.8 Å². The second kappa shape index (κ2) is 9.59. The first kappa shape index (κ1) is 18.7. The highest BCUT2D eigenvalue weighted by atomic mass is 32.1. The summed E-state index contributed by atoms with van der Waals surface area (Å²) in [5, 5.41) is 5.26. The minimum atomic E-state index is 0.204. The van der Waals surface area contributed by atoms with Crippen molar-refractivity contribution < 1.29 is 9.47 Å². The number of thiophene rings is 1. The van der Waals surface area contributed by atoms with Crippen molar-refractivity contribution >= 4 is 17.3 Å². The maximum atomic E-state index is 6.01. The van der Waals surface area contributed by atoms with Gasteiger partial charge < -0.3 is 20.5 Å². The van der Waals surface area contributed by atoms with Crippen LogP contribution in [0.1, 0.15) is 28.8 Å². The molecule has 0 aliphatic carbocycles. The molecule has 1 unspecified atom stereocenters. The van der Waals surface area contributed by atoms with Gasteiger partial charge in [-0.3, -0.25) is 0 Å². The summed E-state index contributed by atoms with van der Waals surface area (Å²) in [6.07, 6.45) is 3.34. The number of nitrogens with one attached hydrogen (secondary N) is 1. The van der Waals surface area contributed by atoms with Gasteiger partial charge in [-0.25, -0.2) is 4.99 Å². The second-order valence-electron chi connectivity index (χ2n) is 6.51. The lowest BCUT2D eigenvalue weighted by atomic mass is 10.1. The fourth-order valence-corrected chi connectivity index (χ4v) is 3.59. The SMILES string of the molecule is Cc1ccc(CN=C(N)NCCc2cccs2)c(OCC2CCCO2)c1. The number of ether oxygens (including phenoxy) is 2. The standard InChI is InChI=1S/C20H27N3O2S/c1-15-6-7-16(19(12-15)25-14-17-4-2-10-24-17)13-23-20(21)22-9-8-18-5-3-11-26-18/h3,5-7,11-12,17H,2,4,8-10,13-14H2,1H3,(H3,21,22,23). The summed E-state index contributed by atoms with van der Waals surface area (Å²) in [6.45, 7) is 4.78. The topological polar surface area (TPSA) is 68.9 Å². The van der Waals surface area contributed by atoms with E-state index in [9.17, 15) is 0 Å². The van der Waals surface area contributed by atoms with Crippen molar-refractivity contribution in [1.82, 2.24) is 5.32 Å². The molecule has 1 atom stereocenters. The van der Waals surface area contributed by atoms with Crippen LogP contribution in [0.2, 0.25) is 0 Å². The maximum absolute atomic E-state index is 6.01. The minimum absolute atomic E-state index is 0.204. The number of hydrogen-bond donors (Lipinski definition) is 2. The molecule has 3 rings (SSSR count). The molecule has 2 heterocycles. The van der Waals surface area contributed by atoms with E-state index in [-0.39, 0.29) is 6.10 Å². The largest absolute Gasteiger partial charge is 0.491 e. The zero-order valence-electron chi connectivity index (χ0n) is 15.2. The number of hydrogen-bond acceptors (Lipinski definition) is 4. The van der Waals surface area contributed by atoms with Crippen molar-refractivity contribution in [3.05, 3.63) is 51.7 Å². The van der Waals surface area contributed by atoms with Crippen LogP contribution >= 0.6 is 11.3 Å². The van der Waals surface area contributed by atoms with E-state index < -0.39 is 0 Å². The van der Waals surface area contributed by atoms with Crippen molar-refractivity contribution in [2.45, 2.75) is 38.8 Å². The normalized spacial score (nSPS) is 17.4. The zero-order valence-corrected chi connectivity index (χ0v) is 16.1. The number of aliphatic imine (C=N–C) groups is 1. The third-order valence-electron chi connectivity index (χ3n) is 4.35. The van der Waals surface area contributed by atoms with E-state index in [1.54, 1.807) is 11.3 Å². The summed E-state index contributed by atoms with van der Waals surface area (Å²) in [4.78, 5) is 5.80. The molecule has 6 heteroatoms. The van der Waals surface area contributed by atoms with Gasteiger partial charge in [0, 0.05) is 23.6 Å². The summed E-state index contributed by atoms with van der Waals surface area (Å²) < 4.78 is 11.6. The zero-order chi connectivity index (χ0) is 18.2. The first-order valence-electron chi connectivity index (χ1n) is 9.11. The number of nitrogens with zero attached hydrogens (tertiary/aromatic N) is 1. The first-order valence-corrected chi connectivity index (χ1v) is 9.99. The third kappa shape index (κ3) is 5.75. The van der Waals surface area contributed by atoms with E-state index in [1.165, 1.54) is 10.4 Å². The Bertz CT molecular complexity index is 710. The molecule has 0 radical (unpaired) electrons. The van der Waals surface area contributed by atoms with Gasteiger partial charge in [0.15, 0.2) is 5.96 Å². The highest BCUT2D eigenvalue weighted by molar-refractivity contribution is 7.09. The van der Waals surface area contributed by atoms with Crippen LogP contribution in [-0.4, -0.2) is 31.8 Å². The van der Waals surface area contributed by atoms with Gasteiger partial charge >= 0.3 is 0 Å². The van der Waals surface area contributed by atoms with Crippen LogP contribution in [0.15, 0.2) is 40.7 Å². The van der Waals surface area contributed by atoms with Gasteiger partial charge in [0.1, 0.15) is 12.4 Å². The fraction of sp³-hybridized carbons (Fsp3) is 0.450. The number of guanidine groups is 1. The van der Waals surface area contributed by atoms with Gasteiger partial charge in [-0.1, -0.05) is 18.2 Å². The van der Waals surface area contributed by atoms with Gasteiger partial charge in [-0.15, -0.1) is 11.3 Å². The first-order chi connectivity index (χ1) is 12.7. The summed E-state index contributed by atoms with van der Waals surface area (Å²) in [5.41, 5.74) is 8.20. The van der Waals surface area contributed by atoms with Crippen molar-refractivity contribution in [3.63, 3.8) is 0 Å². The average Bonchev–Trinajstić information content (AvgIpc) is 3.33. The summed E-state index contributed by atoms with van der Waals surface area (Å²) in [6, 6.07) is 10.4. The summed E-state index contributed by atoms with van der Waals surface area (Å²) >= 11 is 1.76. The monoisotopic (exact) mass is 373 g/mol. The molecule has 1 aliphatic rings. The molecule has 26 heavy (non-hydrogen) atoms. The van der Waals surface area contributed by atoms with E-state index in [0.29, 0.717) is 19.1 Å². The second-order valence-corrected chi connectivity index (χ2v) is 7.55. The average molecular weight is 374 g/mol. The van der Waals surface area contributed by atoms with E-state index in [4.69, 9.17) is 15.2 Å². The van der Waals surface area contributed by atoms with Gasteiger partial charge in [0.05, 0.1) is 12.6 Å². The van der Waals surface area contributed by atoms with Crippen LogP contribution in [0.25, 0.3) is 0 Å². The molecule has 1 aromatic heterocycles. The number of benzene rings is 1. The summed E-state index contributed by atoms with van der Waals surface area (Å²) in [5.74, 6) is 1.34. The Morgan fingerprint density at radius 3 is 3.12 bits per heavy atom. The molecule has 0 amide bonds. The summed E-state index contributed by atoms with van der Waals surface area (Å²) in [7, 11) is 0. The number of aryl methyl sites for hydroxylation is 1. The van der Waals surface area contributed by atoms with E-state index in [2.05, 4.69) is 52.9 Å². The molecule has 3 N–H and O–H groups in total. The molecular weight excluding hydrogens is 346 g/mol. The van der Waals surface area contributed by atoms with Crippen molar-refractivity contribution in [3.8, 4) is 5.75 Å². The van der Waals surface area contributed by atoms with Crippen molar-refractivity contribution in [1.29, 1.82) is 0 Å². The van der Waals surface area contributed by atoms with Crippen molar-refractivity contribution in [2.24, 2.45) is 10.7 Å². The molecule has 0 bridgehead atoms. The van der Waals surface area contributed by atoms with Gasteiger partial charge in [-0.05, 0) is 49.3 Å². The van der Waals surface area contributed by atoms with Gasteiger partial charge in [-0.2, -0.15) is 0 Å². The van der Waals surface area contributed by atoms with Gasteiger partial charge in [0.25, 0.3) is 0 Å². The minimum Gasteiger partial charge on any atom is -0.491 e. The molecular formula is C20H27N3O2S. The Morgan fingerprint density at radius 2 is 2.35 bits per heavy atom. The molecule has 0 saturated carbocycles. The molecule has 1 fully saturated rings. The fourth-order valence-electron chi connectivity index (χ4n) is 2.88. The Kier molecular flexibility index (Phi) is 6.91.